The number of halogens is 1. The molecule has 26 heavy (non-hydrogen) atoms. The Morgan fingerprint density at radius 3 is 2.73 bits per heavy atom. The molecule has 1 fully saturated rings. The topological polar surface area (TPSA) is 82.1 Å². The van der Waals surface area contributed by atoms with Crippen LogP contribution in [0.25, 0.3) is 6.08 Å². The van der Waals surface area contributed by atoms with Crippen molar-refractivity contribution in [2.45, 2.75) is 19.8 Å². The molecule has 0 unspecified atom stereocenters. The molecule has 1 aliphatic rings. The number of amides is 2. The Morgan fingerprint density at radius 2 is 2.12 bits per heavy atom. The van der Waals surface area contributed by atoms with E-state index in [2.05, 4.69) is 0 Å². The first-order chi connectivity index (χ1) is 12.5. The first-order valence-corrected chi connectivity index (χ1v) is 8.52. The number of ether oxygens (including phenoxy) is 3. The maximum absolute atomic E-state index is 11.8. The summed E-state index contributed by atoms with van der Waals surface area (Å²) in [4.78, 5) is 36.1. The molecule has 0 aliphatic carbocycles. The Hall–Kier alpha value is -2.54. The summed E-state index contributed by atoms with van der Waals surface area (Å²) in [7, 11) is 1.49. The first kappa shape index (κ1) is 19.8. The van der Waals surface area contributed by atoms with Gasteiger partial charge in [-0.1, -0.05) is 11.6 Å². The second-order valence-corrected chi connectivity index (χ2v) is 5.86. The van der Waals surface area contributed by atoms with E-state index in [4.69, 9.17) is 25.8 Å². The minimum Gasteiger partial charge on any atom is -0.493 e. The zero-order chi connectivity index (χ0) is 19.1. The highest BCUT2D eigenvalue weighted by atomic mass is 35.5. The van der Waals surface area contributed by atoms with Crippen LogP contribution >= 0.6 is 11.6 Å². The molecule has 1 heterocycles. The van der Waals surface area contributed by atoms with Gasteiger partial charge in [-0.15, -0.1) is 0 Å². The molecule has 0 aromatic heterocycles. The van der Waals surface area contributed by atoms with E-state index in [0.717, 1.165) is 4.90 Å². The lowest BCUT2D eigenvalue weighted by molar-refractivity contribution is -0.151. The third kappa shape index (κ3) is 4.98. The summed E-state index contributed by atoms with van der Waals surface area (Å²) >= 11 is 6.16. The van der Waals surface area contributed by atoms with E-state index < -0.39 is 18.5 Å². The van der Waals surface area contributed by atoms with Crippen molar-refractivity contribution in [3.8, 4) is 11.5 Å². The fourth-order valence-electron chi connectivity index (χ4n) is 2.46. The van der Waals surface area contributed by atoms with Gasteiger partial charge in [0.05, 0.1) is 18.7 Å². The SMILES string of the molecule is CCOc1c(Cl)cc(/C=C/C(=O)OCC(=O)N2CCCC2=O)cc1OC. The van der Waals surface area contributed by atoms with Crippen molar-refractivity contribution >= 4 is 35.5 Å². The van der Waals surface area contributed by atoms with Crippen LogP contribution in [0.1, 0.15) is 25.3 Å². The maximum Gasteiger partial charge on any atom is 0.331 e. The highest BCUT2D eigenvalue weighted by Crippen LogP contribution is 2.36. The average Bonchev–Trinajstić information content (AvgIpc) is 3.05. The second-order valence-electron chi connectivity index (χ2n) is 5.45. The summed E-state index contributed by atoms with van der Waals surface area (Å²) in [5.74, 6) is -0.584. The number of hydrogen-bond acceptors (Lipinski definition) is 6. The molecule has 0 spiro atoms. The van der Waals surface area contributed by atoms with Gasteiger partial charge in [0.25, 0.3) is 5.91 Å². The van der Waals surface area contributed by atoms with Crippen LogP contribution in [0, 0.1) is 0 Å². The van der Waals surface area contributed by atoms with Gasteiger partial charge in [-0.05, 0) is 37.1 Å². The summed E-state index contributed by atoms with van der Waals surface area (Å²) in [5, 5.41) is 0.349. The predicted octanol–water partition coefficient (Wildman–Crippen LogP) is 2.45. The number of carbonyl (C=O) groups is 3. The van der Waals surface area contributed by atoms with Crippen LogP contribution in [0.2, 0.25) is 5.02 Å². The first-order valence-electron chi connectivity index (χ1n) is 8.14. The molecule has 1 saturated heterocycles. The third-order valence-electron chi connectivity index (χ3n) is 3.66. The lowest BCUT2D eigenvalue weighted by Crippen LogP contribution is -2.35. The molecule has 1 aromatic carbocycles. The van der Waals surface area contributed by atoms with Gasteiger partial charge in [-0.25, -0.2) is 4.79 Å². The molecule has 2 amide bonds. The van der Waals surface area contributed by atoms with E-state index in [-0.39, 0.29) is 5.91 Å². The Kier molecular flexibility index (Phi) is 7.03. The lowest BCUT2D eigenvalue weighted by atomic mass is 10.2. The van der Waals surface area contributed by atoms with Gasteiger partial charge >= 0.3 is 5.97 Å². The second kappa shape index (κ2) is 9.24. The molecule has 1 aromatic rings. The Bertz CT molecular complexity index is 731. The van der Waals surface area contributed by atoms with Gasteiger partial charge < -0.3 is 14.2 Å². The molecular formula is C18H20ClNO6. The lowest BCUT2D eigenvalue weighted by Gasteiger charge is -2.13. The monoisotopic (exact) mass is 381 g/mol. The number of rotatable bonds is 7. The van der Waals surface area contributed by atoms with Crippen molar-refractivity contribution in [3.63, 3.8) is 0 Å². The predicted molar refractivity (Wildman–Crippen MR) is 95.1 cm³/mol. The van der Waals surface area contributed by atoms with Crippen LogP contribution in [-0.4, -0.2) is 49.6 Å². The highest BCUT2D eigenvalue weighted by Gasteiger charge is 2.26. The molecule has 7 nitrogen and oxygen atoms in total. The van der Waals surface area contributed by atoms with Crippen molar-refractivity contribution in [1.82, 2.24) is 4.90 Å². The smallest absolute Gasteiger partial charge is 0.331 e. The van der Waals surface area contributed by atoms with Crippen LogP contribution in [0.3, 0.4) is 0 Å². The maximum atomic E-state index is 11.8. The normalized spacial score (nSPS) is 14.0. The van der Waals surface area contributed by atoms with Crippen molar-refractivity contribution in [3.05, 3.63) is 28.8 Å². The molecule has 1 aliphatic heterocycles. The molecule has 0 N–H and O–H groups in total. The largest absolute Gasteiger partial charge is 0.493 e. The number of benzene rings is 1. The van der Waals surface area contributed by atoms with Gasteiger partial charge in [0.15, 0.2) is 18.1 Å². The van der Waals surface area contributed by atoms with Gasteiger partial charge in [0.1, 0.15) is 0 Å². The number of nitrogens with zero attached hydrogens (tertiary/aromatic N) is 1. The summed E-state index contributed by atoms with van der Waals surface area (Å²) in [6.45, 7) is 2.17. The number of hydrogen-bond donors (Lipinski definition) is 0. The van der Waals surface area contributed by atoms with Crippen LogP contribution in [0.5, 0.6) is 11.5 Å². The van der Waals surface area contributed by atoms with Crippen LogP contribution < -0.4 is 9.47 Å². The van der Waals surface area contributed by atoms with Gasteiger partial charge in [-0.3, -0.25) is 14.5 Å². The Morgan fingerprint density at radius 1 is 1.35 bits per heavy atom. The number of esters is 1. The van der Waals surface area contributed by atoms with E-state index in [1.807, 2.05) is 6.92 Å². The van der Waals surface area contributed by atoms with E-state index in [1.165, 1.54) is 19.3 Å². The minimum atomic E-state index is -0.700. The highest BCUT2D eigenvalue weighted by molar-refractivity contribution is 6.32. The fraction of sp³-hybridized carbons (Fsp3) is 0.389. The van der Waals surface area contributed by atoms with Crippen molar-refractivity contribution in [2.75, 3.05) is 26.9 Å². The Labute approximate surface area is 156 Å². The summed E-state index contributed by atoms with van der Waals surface area (Å²) in [5.41, 5.74) is 0.605. The molecule has 0 radical (unpaired) electrons. The summed E-state index contributed by atoms with van der Waals surface area (Å²) in [6.07, 6.45) is 3.64. The molecule has 8 heteroatoms. The molecule has 0 saturated carbocycles. The number of likely N-dealkylation sites (tertiary alicyclic amines) is 1. The van der Waals surface area contributed by atoms with E-state index in [0.29, 0.717) is 48.1 Å². The van der Waals surface area contributed by atoms with E-state index in [1.54, 1.807) is 12.1 Å². The zero-order valence-corrected chi connectivity index (χ0v) is 15.4. The summed E-state index contributed by atoms with van der Waals surface area (Å²) < 4.78 is 15.5. The van der Waals surface area contributed by atoms with Gasteiger partial charge in [0, 0.05) is 19.0 Å². The van der Waals surface area contributed by atoms with Crippen LogP contribution in [0.4, 0.5) is 0 Å². The van der Waals surface area contributed by atoms with Crippen molar-refractivity contribution in [2.24, 2.45) is 0 Å². The fourth-order valence-corrected chi connectivity index (χ4v) is 2.73. The number of methoxy groups -OCH3 is 1. The number of imide groups is 1. The summed E-state index contributed by atoms with van der Waals surface area (Å²) in [6, 6.07) is 3.28. The molecule has 0 atom stereocenters. The van der Waals surface area contributed by atoms with Gasteiger partial charge in [-0.2, -0.15) is 0 Å². The van der Waals surface area contributed by atoms with E-state index >= 15 is 0 Å². The van der Waals surface area contributed by atoms with Crippen LogP contribution in [-0.2, 0) is 19.1 Å². The van der Waals surface area contributed by atoms with Crippen molar-refractivity contribution in [1.29, 1.82) is 0 Å². The third-order valence-corrected chi connectivity index (χ3v) is 3.95. The van der Waals surface area contributed by atoms with Gasteiger partial charge in [0.2, 0.25) is 5.91 Å². The Balaban J connectivity index is 1.96. The van der Waals surface area contributed by atoms with Crippen molar-refractivity contribution < 1.29 is 28.6 Å². The zero-order valence-electron chi connectivity index (χ0n) is 14.6. The van der Waals surface area contributed by atoms with Crippen LogP contribution in [0.15, 0.2) is 18.2 Å². The standard InChI is InChI=1S/C18H20ClNO6/c1-3-25-18-13(19)9-12(10-14(18)24-2)6-7-17(23)26-11-16(22)20-8-4-5-15(20)21/h6-7,9-10H,3-5,8,11H2,1-2H3/b7-6+. The molecule has 140 valence electrons. The van der Waals surface area contributed by atoms with E-state index in [9.17, 15) is 14.4 Å². The minimum absolute atomic E-state index is 0.238. The molecule has 2 rings (SSSR count). The molecular weight excluding hydrogens is 362 g/mol. The quantitative estimate of drug-likeness (QED) is 0.533. The number of carbonyl (C=O) groups excluding carboxylic acids is 3. The molecule has 0 bridgehead atoms. The average molecular weight is 382 g/mol.